The van der Waals surface area contributed by atoms with E-state index in [-0.39, 0.29) is 10.1 Å². The Bertz CT molecular complexity index is 854. The molecule has 0 aromatic rings. The molecule has 5 atom stereocenters. The highest BCUT2D eigenvalue weighted by atomic mass is 79.9. The van der Waals surface area contributed by atoms with E-state index in [2.05, 4.69) is 42.7 Å². The zero-order chi connectivity index (χ0) is 21.7. The summed E-state index contributed by atoms with van der Waals surface area (Å²) in [4.78, 5) is 32.9. The van der Waals surface area contributed by atoms with Crippen molar-refractivity contribution in [3.05, 3.63) is 10.1 Å². The maximum atomic E-state index is 12.9. The van der Waals surface area contributed by atoms with Crippen LogP contribution in [0.3, 0.4) is 0 Å². The molecular formula is C14H10Br2Cl6N2O4. The summed E-state index contributed by atoms with van der Waals surface area (Å²) < 4.78 is -2.82. The van der Waals surface area contributed by atoms with E-state index in [1.807, 2.05) is 0 Å². The Labute approximate surface area is 206 Å². The minimum absolute atomic E-state index is 0.325. The number of halogens is 8. The number of rotatable bonds is 3. The summed E-state index contributed by atoms with van der Waals surface area (Å²) in [6.07, 6.45) is 0.462. The number of alkyl halides is 6. The van der Waals surface area contributed by atoms with Crippen molar-refractivity contribution in [2.24, 2.45) is 17.3 Å². The number of nitrogens with one attached hydrogen (secondary N) is 2. The number of allylic oxidation sites excluding steroid dienone is 2. The van der Waals surface area contributed by atoms with Gasteiger partial charge in [0.2, 0.25) is 11.8 Å². The lowest BCUT2D eigenvalue weighted by atomic mass is 9.81. The maximum absolute atomic E-state index is 12.9. The molecule has 2 amide bonds. The molecule has 0 radical (unpaired) electrons. The van der Waals surface area contributed by atoms with Crippen LogP contribution in [0.2, 0.25) is 0 Å². The number of fused-ring (bicyclic) bond motifs is 2. The smallest absolute Gasteiger partial charge is 0.309 e. The second-order valence-corrected chi connectivity index (χ2v) is 14.1. The highest BCUT2D eigenvalue weighted by Crippen LogP contribution is 2.76. The van der Waals surface area contributed by atoms with Crippen LogP contribution < -0.4 is 10.9 Å². The number of hydrazine groups is 1. The fraction of sp³-hybridized carbons (Fsp3) is 0.643. The second-order valence-electron chi connectivity index (χ2n) is 7.08. The largest absolute Gasteiger partial charge is 0.481 e. The first kappa shape index (κ1) is 23.5. The van der Waals surface area contributed by atoms with E-state index in [4.69, 9.17) is 69.6 Å². The van der Waals surface area contributed by atoms with Crippen molar-refractivity contribution in [1.29, 1.82) is 0 Å². The van der Waals surface area contributed by atoms with Crippen LogP contribution in [0.4, 0.5) is 0 Å². The molecule has 3 aliphatic carbocycles. The average Bonchev–Trinajstić information content (AvgIpc) is 3.03. The molecule has 0 spiro atoms. The van der Waals surface area contributed by atoms with Crippen molar-refractivity contribution < 1.29 is 19.5 Å². The van der Waals surface area contributed by atoms with Crippen LogP contribution in [-0.2, 0) is 14.4 Å². The number of amides is 2. The standard InChI is InChI=1S/C14H10Br2Cl6N2O4/c1-10(2-11(10,15)16)9(28)24-23-7(25)3-4(8(26)27)13(20)6(18)5(17)12(3,19)14(13,21)22/h3-4H,2H2,1H3,(H,23,25)(H,24,28)(H,26,27)/t3-,4+,10-,12-,13-/m0/s1. The maximum Gasteiger partial charge on any atom is 0.309 e. The number of aliphatic carboxylic acids is 1. The molecule has 3 aliphatic rings. The minimum atomic E-state index is -2.21. The summed E-state index contributed by atoms with van der Waals surface area (Å²) in [5, 5.41) is 9.02. The Morgan fingerprint density at radius 1 is 1.00 bits per heavy atom. The van der Waals surface area contributed by atoms with Crippen molar-refractivity contribution in [1.82, 2.24) is 10.9 Å². The average molecular weight is 643 g/mol. The van der Waals surface area contributed by atoms with E-state index < -0.39 is 52.3 Å². The SMILES string of the molecule is C[C@@]1(C(=O)NNC(=O)[C@@H]2[C@H](C(=O)O)[C@]3(Cl)C(Cl)=C(Cl)[C@]2(Cl)C3(Cl)Cl)CC1(Br)Br. The van der Waals surface area contributed by atoms with Gasteiger partial charge >= 0.3 is 5.97 Å². The van der Waals surface area contributed by atoms with Gasteiger partial charge < -0.3 is 5.11 Å². The van der Waals surface area contributed by atoms with Crippen LogP contribution in [0.5, 0.6) is 0 Å². The van der Waals surface area contributed by atoms with E-state index >= 15 is 0 Å². The fourth-order valence-electron chi connectivity index (χ4n) is 3.61. The van der Waals surface area contributed by atoms with Crippen LogP contribution >= 0.6 is 101 Å². The molecule has 2 saturated carbocycles. The predicted molar refractivity (Wildman–Crippen MR) is 115 cm³/mol. The molecule has 156 valence electrons. The molecule has 14 heteroatoms. The number of carbonyl (C=O) groups excluding carboxylic acids is 2. The van der Waals surface area contributed by atoms with Crippen molar-refractivity contribution in [2.45, 2.75) is 30.7 Å². The van der Waals surface area contributed by atoms with Gasteiger partial charge in [-0.2, -0.15) is 0 Å². The molecule has 0 aromatic carbocycles. The van der Waals surface area contributed by atoms with Crippen molar-refractivity contribution in [3.8, 4) is 0 Å². The van der Waals surface area contributed by atoms with Crippen molar-refractivity contribution in [2.75, 3.05) is 0 Å². The quantitative estimate of drug-likeness (QED) is 0.318. The molecule has 0 saturated heterocycles. The summed E-state index contributed by atoms with van der Waals surface area (Å²) in [6, 6.07) is 0. The number of carboxylic acid groups (broad SMARTS) is 1. The molecule has 0 aliphatic heterocycles. The Morgan fingerprint density at radius 3 is 1.82 bits per heavy atom. The lowest BCUT2D eigenvalue weighted by Crippen LogP contribution is -2.54. The van der Waals surface area contributed by atoms with Crippen LogP contribution in [0.25, 0.3) is 0 Å². The third kappa shape index (κ3) is 2.61. The van der Waals surface area contributed by atoms with Crippen LogP contribution in [0, 0.1) is 17.3 Å². The summed E-state index contributed by atoms with van der Waals surface area (Å²) in [6.45, 7) is 1.66. The van der Waals surface area contributed by atoms with Gasteiger partial charge in [0.15, 0.2) is 4.33 Å². The van der Waals surface area contributed by atoms with Gasteiger partial charge in [0.05, 0.1) is 30.5 Å². The number of hydrogen-bond donors (Lipinski definition) is 3. The summed E-state index contributed by atoms with van der Waals surface area (Å²) in [5.41, 5.74) is 3.58. The highest BCUT2D eigenvalue weighted by Gasteiger charge is 2.85. The number of hydrogen-bond acceptors (Lipinski definition) is 3. The van der Waals surface area contributed by atoms with Crippen LogP contribution in [-0.4, -0.2) is 40.2 Å². The third-order valence-corrected chi connectivity index (χ3v) is 12.1. The molecular weight excluding hydrogens is 633 g/mol. The predicted octanol–water partition coefficient (Wildman–Crippen LogP) is 4.19. The summed E-state index contributed by atoms with van der Waals surface area (Å²) >= 11 is 44.5. The zero-order valence-corrected chi connectivity index (χ0v) is 21.3. The molecule has 28 heavy (non-hydrogen) atoms. The first-order chi connectivity index (χ1) is 12.5. The van der Waals surface area contributed by atoms with Gasteiger partial charge in [-0.1, -0.05) is 78.3 Å². The molecule has 0 aromatic heterocycles. The van der Waals surface area contributed by atoms with Gasteiger partial charge in [0.1, 0.15) is 9.75 Å². The lowest BCUT2D eigenvalue weighted by molar-refractivity contribution is -0.147. The Kier molecular flexibility index (Phi) is 5.60. The highest BCUT2D eigenvalue weighted by molar-refractivity contribution is 9.25. The van der Waals surface area contributed by atoms with E-state index in [0.29, 0.717) is 6.42 Å². The fourth-order valence-corrected chi connectivity index (χ4v) is 8.02. The summed E-state index contributed by atoms with van der Waals surface area (Å²) in [7, 11) is 0. The lowest BCUT2D eigenvalue weighted by Gasteiger charge is -2.33. The molecule has 2 fully saturated rings. The zero-order valence-electron chi connectivity index (χ0n) is 13.6. The van der Waals surface area contributed by atoms with Gasteiger partial charge in [0, 0.05) is 0 Å². The van der Waals surface area contributed by atoms with E-state index in [0.717, 1.165) is 0 Å². The van der Waals surface area contributed by atoms with Gasteiger partial charge in [-0.15, -0.1) is 23.2 Å². The van der Waals surface area contributed by atoms with Crippen LogP contribution in [0.15, 0.2) is 10.1 Å². The van der Waals surface area contributed by atoms with Crippen LogP contribution in [0.1, 0.15) is 13.3 Å². The molecule has 3 N–H and O–H groups in total. The van der Waals surface area contributed by atoms with E-state index in [9.17, 15) is 19.5 Å². The summed E-state index contributed by atoms with van der Waals surface area (Å²) in [5.74, 6) is -6.34. The van der Waals surface area contributed by atoms with Gasteiger partial charge in [-0.05, 0) is 13.3 Å². The monoisotopic (exact) mass is 638 g/mol. The van der Waals surface area contributed by atoms with Crippen molar-refractivity contribution >= 4 is 119 Å². The third-order valence-electron chi connectivity index (χ3n) is 5.54. The first-order valence-corrected chi connectivity index (χ1v) is 11.4. The molecule has 2 bridgehead atoms. The van der Waals surface area contributed by atoms with Gasteiger partial charge in [-0.25, -0.2) is 0 Å². The second kappa shape index (κ2) is 6.67. The topological polar surface area (TPSA) is 95.5 Å². The Balaban J connectivity index is 1.92. The number of carbonyl (C=O) groups is 3. The molecule has 3 rings (SSSR count). The number of carboxylic acids is 1. The normalized spacial score (nSPS) is 42.3. The molecule has 0 unspecified atom stereocenters. The molecule has 6 nitrogen and oxygen atoms in total. The Morgan fingerprint density at radius 2 is 1.43 bits per heavy atom. The Hall–Kier alpha value is 0.850. The minimum Gasteiger partial charge on any atom is -0.481 e. The van der Waals surface area contributed by atoms with Gasteiger partial charge in [0.25, 0.3) is 0 Å². The van der Waals surface area contributed by atoms with Gasteiger partial charge in [-0.3, -0.25) is 25.2 Å². The van der Waals surface area contributed by atoms with E-state index in [1.165, 1.54) is 0 Å². The van der Waals surface area contributed by atoms with Crippen molar-refractivity contribution in [3.63, 3.8) is 0 Å². The molecule has 0 heterocycles. The first-order valence-electron chi connectivity index (χ1n) is 7.54. The van der Waals surface area contributed by atoms with E-state index in [1.54, 1.807) is 6.92 Å².